The van der Waals surface area contributed by atoms with Gasteiger partial charge in [-0.2, -0.15) is 0 Å². The average Bonchev–Trinajstić information content (AvgIpc) is 2.40. The van der Waals surface area contributed by atoms with Gasteiger partial charge < -0.3 is 0 Å². The summed E-state index contributed by atoms with van der Waals surface area (Å²) in [4.78, 5) is 0. The van der Waals surface area contributed by atoms with Crippen LogP contribution in [-0.2, 0) is 0 Å². The Morgan fingerprint density at radius 2 is 0.789 bits per heavy atom. The molecule has 0 aliphatic heterocycles. The third kappa shape index (κ3) is 14.2. The summed E-state index contributed by atoms with van der Waals surface area (Å²) < 4.78 is 0. The van der Waals surface area contributed by atoms with Crippen molar-refractivity contribution < 1.29 is 0 Å². The van der Waals surface area contributed by atoms with Crippen LogP contribution in [0, 0.1) is 11.8 Å². The molecule has 0 N–H and O–H groups in total. The van der Waals surface area contributed by atoms with Gasteiger partial charge in [0.05, 0.1) is 0 Å². The Balaban J connectivity index is 3.27. The fourth-order valence-electron chi connectivity index (χ4n) is 2.94. The van der Waals surface area contributed by atoms with Crippen LogP contribution >= 0.6 is 0 Å². The number of unbranched alkanes of at least 4 members (excludes halogenated alkanes) is 6. The summed E-state index contributed by atoms with van der Waals surface area (Å²) in [6, 6.07) is 0. The fourth-order valence-corrected chi connectivity index (χ4v) is 2.94. The van der Waals surface area contributed by atoms with Crippen LogP contribution in [0.4, 0.5) is 0 Å². The lowest BCUT2D eigenvalue weighted by molar-refractivity contribution is 0.403. The standard InChI is InChI=1S/C19H40/c1-5-7-9-11-15-19(4)17-13-12-16-18(3)14-10-8-6-2/h18-19H,5-17H2,1-4H3. The molecule has 0 aromatic carbocycles. The van der Waals surface area contributed by atoms with E-state index < -0.39 is 0 Å². The first-order valence-corrected chi connectivity index (χ1v) is 9.20. The topological polar surface area (TPSA) is 0 Å². The molecule has 0 heteroatoms. The van der Waals surface area contributed by atoms with Crippen molar-refractivity contribution >= 4 is 0 Å². The van der Waals surface area contributed by atoms with Gasteiger partial charge in [0.2, 0.25) is 0 Å². The van der Waals surface area contributed by atoms with Crippen molar-refractivity contribution in [2.75, 3.05) is 0 Å². The maximum Gasteiger partial charge on any atom is -0.0443 e. The molecule has 0 spiro atoms. The smallest absolute Gasteiger partial charge is 0.0443 e. The van der Waals surface area contributed by atoms with Crippen molar-refractivity contribution in [2.24, 2.45) is 11.8 Å². The summed E-state index contributed by atoms with van der Waals surface area (Å²) >= 11 is 0. The summed E-state index contributed by atoms with van der Waals surface area (Å²) in [5.74, 6) is 1.93. The van der Waals surface area contributed by atoms with Crippen LogP contribution in [0.15, 0.2) is 0 Å². The lowest BCUT2D eigenvalue weighted by Gasteiger charge is -2.13. The maximum absolute atomic E-state index is 2.45. The van der Waals surface area contributed by atoms with Crippen LogP contribution in [-0.4, -0.2) is 0 Å². The molecule has 0 aliphatic rings. The van der Waals surface area contributed by atoms with E-state index in [1.807, 2.05) is 0 Å². The molecule has 19 heavy (non-hydrogen) atoms. The van der Waals surface area contributed by atoms with Crippen LogP contribution in [0.1, 0.15) is 111 Å². The first-order chi connectivity index (χ1) is 9.20. The first-order valence-electron chi connectivity index (χ1n) is 9.20. The largest absolute Gasteiger partial charge is 0.0654 e. The summed E-state index contributed by atoms with van der Waals surface area (Å²) in [5, 5.41) is 0. The zero-order valence-electron chi connectivity index (χ0n) is 14.3. The van der Waals surface area contributed by atoms with Crippen LogP contribution < -0.4 is 0 Å². The maximum atomic E-state index is 2.45. The van der Waals surface area contributed by atoms with E-state index in [0.717, 1.165) is 11.8 Å². The normalized spacial score (nSPS) is 14.5. The number of hydrogen-bond donors (Lipinski definition) is 0. The molecule has 0 rings (SSSR count). The molecule has 0 radical (unpaired) electrons. The Hall–Kier alpha value is 0. The average molecular weight is 269 g/mol. The minimum atomic E-state index is 0.964. The van der Waals surface area contributed by atoms with E-state index in [1.165, 1.54) is 83.5 Å². The quantitative estimate of drug-likeness (QED) is 0.288. The molecule has 0 saturated heterocycles. The van der Waals surface area contributed by atoms with Crippen LogP contribution in [0.2, 0.25) is 0 Å². The molecule has 0 heterocycles. The predicted octanol–water partition coefficient (Wildman–Crippen LogP) is 7.37. The highest BCUT2D eigenvalue weighted by Crippen LogP contribution is 2.20. The van der Waals surface area contributed by atoms with Gasteiger partial charge in [0, 0.05) is 0 Å². The van der Waals surface area contributed by atoms with E-state index in [-0.39, 0.29) is 0 Å². The zero-order chi connectivity index (χ0) is 14.3. The van der Waals surface area contributed by atoms with Crippen LogP contribution in [0.5, 0.6) is 0 Å². The molecular formula is C19H40. The molecule has 0 aromatic heterocycles. The zero-order valence-corrected chi connectivity index (χ0v) is 14.3. The lowest BCUT2D eigenvalue weighted by Crippen LogP contribution is -1.98. The highest BCUT2D eigenvalue weighted by atomic mass is 14.1. The molecule has 2 unspecified atom stereocenters. The van der Waals surface area contributed by atoms with Gasteiger partial charge in [-0.05, 0) is 11.8 Å². The van der Waals surface area contributed by atoms with E-state index in [0.29, 0.717) is 0 Å². The Bertz CT molecular complexity index is 161. The van der Waals surface area contributed by atoms with Gasteiger partial charge in [-0.25, -0.2) is 0 Å². The second kappa shape index (κ2) is 14.4. The molecule has 0 fully saturated rings. The molecule has 0 bridgehead atoms. The van der Waals surface area contributed by atoms with E-state index in [1.54, 1.807) is 0 Å². The van der Waals surface area contributed by atoms with Gasteiger partial charge in [-0.15, -0.1) is 0 Å². The van der Waals surface area contributed by atoms with Crippen molar-refractivity contribution in [1.82, 2.24) is 0 Å². The van der Waals surface area contributed by atoms with Gasteiger partial charge in [0.1, 0.15) is 0 Å². The molecule has 0 aliphatic carbocycles. The van der Waals surface area contributed by atoms with Crippen molar-refractivity contribution in [3.05, 3.63) is 0 Å². The van der Waals surface area contributed by atoms with Gasteiger partial charge in [0.15, 0.2) is 0 Å². The predicted molar refractivity (Wildman–Crippen MR) is 89.7 cm³/mol. The Labute approximate surface area is 123 Å². The minimum Gasteiger partial charge on any atom is -0.0654 e. The molecule has 0 aromatic rings. The number of rotatable bonds is 14. The van der Waals surface area contributed by atoms with E-state index in [4.69, 9.17) is 0 Å². The monoisotopic (exact) mass is 268 g/mol. The third-order valence-corrected chi connectivity index (χ3v) is 4.49. The van der Waals surface area contributed by atoms with Crippen molar-refractivity contribution in [2.45, 2.75) is 111 Å². The van der Waals surface area contributed by atoms with E-state index in [2.05, 4.69) is 27.7 Å². The summed E-state index contributed by atoms with van der Waals surface area (Å²) in [7, 11) is 0. The molecule has 0 saturated carbocycles. The second-order valence-electron chi connectivity index (χ2n) is 6.84. The molecule has 2 atom stereocenters. The molecule has 116 valence electrons. The Morgan fingerprint density at radius 3 is 1.21 bits per heavy atom. The summed E-state index contributed by atoms with van der Waals surface area (Å²) in [5.41, 5.74) is 0. The molecule has 0 nitrogen and oxygen atoms in total. The third-order valence-electron chi connectivity index (χ3n) is 4.49. The molecular weight excluding hydrogens is 228 g/mol. The van der Waals surface area contributed by atoms with Crippen molar-refractivity contribution in [3.63, 3.8) is 0 Å². The van der Waals surface area contributed by atoms with Crippen LogP contribution in [0.25, 0.3) is 0 Å². The van der Waals surface area contributed by atoms with Gasteiger partial charge in [0.25, 0.3) is 0 Å². The van der Waals surface area contributed by atoms with Crippen molar-refractivity contribution in [3.8, 4) is 0 Å². The van der Waals surface area contributed by atoms with Gasteiger partial charge in [-0.1, -0.05) is 111 Å². The Morgan fingerprint density at radius 1 is 0.474 bits per heavy atom. The van der Waals surface area contributed by atoms with E-state index in [9.17, 15) is 0 Å². The number of hydrogen-bond acceptors (Lipinski definition) is 0. The second-order valence-corrected chi connectivity index (χ2v) is 6.84. The highest BCUT2D eigenvalue weighted by molar-refractivity contribution is 4.58. The SMILES string of the molecule is CCCCCCC(C)CCCCC(C)CCCCC. The van der Waals surface area contributed by atoms with Gasteiger partial charge in [-0.3, -0.25) is 0 Å². The van der Waals surface area contributed by atoms with E-state index >= 15 is 0 Å². The van der Waals surface area contributed by atoms with Crippen molar-refractivity contribution in [1.29, 1.82) is 0 Å². The fraction of sp³-hybridized carbons (Fsp3) is 1.00. The molecule has 0 amide bonds. The first kappa shape index (κ1) is 19.0. The van der Waals surface area contributed by atoms with Gasteiger partial charge >= 0.3 is 0 Å². The lowest BCUT2D eigenvalue weighted by atomic mass is 9.93. The van der Waals surface area contributed by atoms with Crippen LogP contribution in [0.3, 0.4) is 0 Å². The Kier molecular flexibility index (Phi) is 14.4. The summed E-state index contributed by atoms with van der Waals surface area (Å²) in [6.07, 6.45) is 18.7. The highest BCUT2D eigenvalue weighted by Gasteiger charge is 2.04. The minimum absolute atomic E-state index is 0.964. The summed E-state index contributed by atoms with van der Waals surface area (Å²) in [6.45, 7) is 9.50.